The molecular weight excluding hydrogens is 428 g/mol. The molecule has 9 atom stereocenters. The molecule has 3 fully saturated rings. The minimum Gasteiger partial charge on any atom is -0.462 e. The van der Waals surface area contributed by atoms with Crippen molar-refractivity contribution in [2.24, 2.45) is 39.7 Å². The van der Waals surface area contributed by atoms with E-state index < -0.39 is 34.6 Å². The summed E-state index contributed by atoms with van der Waals surface area (Å²) >= 11 is 1.48. The van der Waals surface area contributed by atoms with Crippen molar-refractivity contribution in [3.8, 4) is 12.0 Å². The second-order valence-corrected chi connectivity index (χ2v) is 11.6. The van der Waals surface area contributed by atoms with Crippen LogP contribution in [0.2, 0.25) is 0 Å². The summed E-state index contributed by atoms with van der Waals surface area (Å²) in [5.74, 6) is 2.60. The van der Waals surface area contributed by atoms with Crippen molar-refractivity contribution < 1.29 is 13.9 Å². The molecule has 3 nitrogen and oxygen atoms in total. The van der Waals surface area contributed by atoms with Gasteiger partial charge in [0.1, 0.15) is 18.3 Å². The number of allylic oxidation sites excluding steroid dienone is 6. The summed E-state index contributed by atoms with van der Waals surface area (Å²) in [4.78, 5) is 13.1. The van der Waals surface area contributed by atoms with Gasteiger partial charge in [0, 0.05) is 11.3 Å². The molecule has 0 amide bonds. The highest BCUT2D eigenvalue weighted by atomic mass is 32.2. The van der Waals surface area contributed by atoms with Crippen LogP contribution in [0.15, 0.2) is 52.6 Å². The van der Waals surface area contributed by atoms with E-state index in [0.717, 1.165) is 11.3 Å². The molecule has 0 aromatic rings. The molecule has 0 bridgehead atoms. The van der Waals surface area contributed by atoms with Gasteiger partial charge in [-0.2, -0.15) is 4.91 Å². The monoisotopic (exact) mass is 459 g/mol. The fourth-order valence-corrected chi connectivity index (χ4v) is 8.70. The second-order valence-electron chi connectivity index (χ2n) is 10.5. The van der Waals surface area contributed by atoms with Gasteiger partial charge in [-0.25, -0.2) is 8.78 Å². The smallest absolute Gasteiger partial charge is 0.152 e. The van der Waals surface area contributed by atoms with E-state index in [1.54, 1.807) is 25.2 Å². The van der Waals surface area contributed by atoms with Crippen LogP contribution in [0, 0.1) is 51.4 Å². The minimum absolute atomic E-state index is 0.0382. The summed E-state index contributed by atoms with van der Waals surface area (Å²) in [6, 6.07) is -1.08. The van der Waals surface area contributed by atoms with Crippen LogP contribution in [0.5, 0.6) is 0 Å². The Bertz CT molecular complexity index is 980. The summed E-state index contributed by atoms with van der Waals surface area (Å²) in [5.41, 5.74) is -2.55. The lowest BCUT2D eigenvalue weighted by Gasteiger charge is -2.62. The number of halogens is 2. The molecule has 6 unspecified atom stereocenters. The van der Waals surface area contributed by atoms with E-state index in [2.05, 4.69) is 38.1 Å². The molecule has 0 heterocycles. The van der Waals surface area contributed by atoms with Crippen molar-refractivity contribution in [3.05, 3.63) is 52.3 Å². The first kappa shape index (κ1) is 23.3. The highest BCUT2D eigenvalue weighted by Gasteiger charge is 2.73. The first-order chi connectivity index (χ1) is 15.0. The maximum Gasteiger partial charge on any atom is 0.152 e. The minimum atomic E-state index is -1.95. The average molecular weight is 460 g/mol. The number of nitrogens with zero attached hydrogens (tertiary/aromatic N) is 1. The van der Waals surface area contributed by atoms with Gasteiger partial charge in [-0.15, -0.1) is 11.8 Å². The number of aliphatic hydroxyl groups excluding tert-OH is 1. The third-order valence-electron chi connectivity index (χ3n) is 8.94. The van der Waals surface area contributed by atoms with Crippen LogP contribution >= 0.6 is 11.8 Å². The molecule has 0 aliphatic heterocycles. The standard InChI is InChI=1S/C26H31F2NO2S/c1-15-7-8-25(5)20(11-15)21(27)13-19-18-12-16(2)23(17(3)32-10-6-9-30)24(18,4)14-22(29-31)26(19,25)28/h7-8,11,16,18-19,21-23,30H,1,3,10,12-14H2,2,4-5H3/t16-,18?,19?,21+,22?,23?,24?,25?,26+/m1/s1. The molecule has 4 aliphatic rings. The van der Waals surface area contributed by atoms with Gasteiger partial charge in [0.25, 0.3) is 0 Å². The van der Waals surface area contributed by atoms with Crippen molar-refractivity contribution in [3.63, 3.8) is 0 Å². The Morgan fingerprint density at radius 1 is 1.38 bits per heavy atom. The van der Waals surface area contributed by atoms with Crippen molar-refractivity contribution in [1.82, 2.24) is 0 Å². The number of alkyl halides is 2. The van der Waals surface area contributed by atoms with Crippen LogP contribution in [0.3, 0.4) is 0 Å². The van der Waals surface area contributed by atoms with Crippen LogP contribution in [0.1, 0.15) is 40.0 Å². The third-order valence-corrected chi connectivity index (χ3v) is 9.86. The number of hydrogen-bond acceptors (Lipinski definition) is 4. The molecule has 6 heteroatoms. The van der Waals surface area contributed by atoms with Crippen molar-refractivity contribution >= 4 is 11.8 Å². The van der Waals surface area contributed by atoms with Gasteiger partial charge in [0.15, 0.2) is 5.67 Å². The Labute approximate surface area is 193 Å². The first-order valence-corrected chi connectivity index (χ1v) is 12.2. The highest BCUT2D eigenvalue weighted by Crippen LogP contribution is 2.71. The maximum atomic E-state index is 17.4. The number of rotatable bonds is 4. The molecule has 0 aromatic heterocycles. The largest absolute Gasteiger partial charge is 0.462 e. The van der Waals surface area contributed by atoms with Gasteiger partial charge < -0.3 is 5.11 Å². The number of aliphatic hydroxyl groups is 1. The Balaban J connectivity index is 1.78. The van der Waals surface area contributed by atoms with Crippen LogP contribution in [0.4, 0.5) is 8.78 Å². The van der Waals surface area contributed by atoms with Gasteiger partial charge in [-0.1, -0.05) is 50.4 Å². The van der Waals surface area contributed by atoms with Crippen molar-refractivity contribution in [1.29, 1.82) is 0 Å². The van der Waals surface area contributed by atoms with Gasteiger partial charge in [-0.05, 0) is 71.3 Å². The van der Waals surface area contributed by atoms with E-state index in [1.807, 2.05) is 6.11 Å². The zero-order chi connectivity index (χ0) is 23.5. The van der Waals surface area contributed by atoms with Gasteiger partial charge in [-0.3, -0.25) is 0 Å². The molecule has 4 rings (SSSR count). The second kappa shape index (κ2) is 7.87. The fraction of sp³-hybridized carbons (Fsp3) is 0.615. The van der Waals surface area contributed by atoms with Gasteiger partial charge in [0.2, 0.25) is 0 Å². The summed E-state index contributed by atoms with van der Waals surface area (Å²) in [6.45, 7) is 14.1. The normalized spacial score (nSPS) is 46.8. The number of fused-ring (bicyclic) bond motifs is 5. The van der Waals surface area contributed by atoms with E-state index in [9.17, 15) is 4.91 Å². The van der Waals surface area contributed by atoms with E-state index in [1.165, 1.54) is 11.8 Å². The zero-order valence-corrected chi connectivity index (χ0v) is 19.7. The molecule has 0 spiro atoms. The van der Waals surface area contributed by atoms with Crippen molar-refractivity contribution in [2.45, 2.75) is 57.9 Å². The van der Waals surface area contributed by atoms with E-state index in [4.69, 9.17) is 5.11 Å². The van der Waals surface area contributed by atoms with Gasteiger partial charge >= 0.3 is 0 Å². The van der Waals surface area contributed by atoms with Gasteiger partial charge in [0.05, 0.1) is 5.75 Å². The Morgan fingerprint density at radius 3 is 2.75 bits per heavy atom. The molecule has 0 aromatic carbocycles. The summed E-state index contributed by atoms with van der Waals surface area (Å²) in [6.07, 6.45) is 6.85. The number of hydrogen-bond donors (Lipinski definition) is 1. The predicted molar refractivity (Wildman–Crippen MR) is 126 cm³/mol. The number of thioether (sulfide) groups is 1. The van der Waals surface area contributed by atoms with E-state index >= 15 is 8.78 Å². The zero-order valence-electron chi connectivity index (χ0n) is 18.9. The SMILES string of the molecule is C=C1C=CC2(C)C(=C1)[C@@H](F)CC1C3C[C@@H](C)C(C(=C)SCC#CO)C3(C)CC(N=O)[C@@]12F. The quantitative estimate of drug-likeness (QED) is 0.385. The van der Waals surface area contributed by atoms with Crippen LogP contribution in [-0.2, 0) is 0 Å². The molecular formula is C26H31F2NO2S. The molecule has 0 saturated heterocycles. The predicted octanol–water partition coefficient (Wildman–Crippen LogP) is 6.51. The summed E-state index contributed by atoms with van der Waals surface area (Å²) < 4.78 is 32.9. The van der Waals surface area contributed by atoms with Crippen LogP contribution < -0.4 is 0 Å². The highest BCUT2D eigenvalue weighted by molar-refractivity contribution is 8.03. The molecule has 0 radical (unpaired) electrons. The summed E-state index contributed by atoms with van der Waals surface area (Å²) in [7, 11) is 0. The molecule has 32 heavy (non-hydrogen) atoms. The average Bonchev–Trinajstić information content (AvgIpc) is 3.00. The fourth-order valence-electron chi connectivity index (χ4n) is 7.69. The maximum absolute atomic E-state index is 17.4. The van der Waals surface area contributed by atoms with Crippen LogP contribution in [-0.4, -0.2) is 28.7 Å². The summed E-state index contributed by atoms with van der Waals surface area (Å²) in [5, 5.41) is 12.1. The van der Waals surface area contributed by atoms with Crippen molar-refractivity contribution in [2.75, 3.05) is 5.75 Å². The molecule has 3 saturated carbocycles. The third kappa shape index (κ3) is 3.00. The Hall–Kier alpha value is -1.87. The number of nitroso groups, excluding NO2 is 1. The van der Waals surface area contributed by atoms with E-state index in [-0.39, 0.29) is 24.2 Å². The first-order valence-electron chi connectivity index (χ1n) is 11.2. The topological polar surface area (TPSA) is 49.7 Å². The lowest BCUT2D eigenvalue weighted by atomic mass is 9.44. The Morgan fingerprint density at radius 2 is 2.09 bits per heavy atom. The molecule has 1 N–H and O–H groups in total. The lowest BCUT2D eigenvalue weighted by Crippen LogP contribution is -2.67. The van der Waals surface area contributed by atoms with Crippen LogP contribution in [0.25, 0.3) is 0 Å². The molecule has 4 aliphatic carbocycles. The Kier molecular flexibility index (Phi) is 5.73. The molecule has 172 valence electrons. The lowest BCUT2D eigenvalue weighted by molar-refractivity contribution is -0.146. The van der Waals surface area contributed by atoms with E-state index in [0.29, 0.717) is 23.3 Å².